The van der Waals surface area contributed by atoms with Crippen LogP contribution in [-0.4, -0.2) is 9.55 Å². The van der Waals surface area contributed by atoms with Gasteiger partial charge in [-0.3, -0.25) is 0 Å². The maximum Gasteiger partial charge on any atom is 0.132 e. The number of rotatable bonds is 2. The van der Waals surface area contributed by atoms with E-state index in [-0.39, 0.29) is 17.0 Å². The first-order valence-electron chi connectivity index (χ1n) is 3.52. The van der Waals surface area contributed by atoms with Crippen LogP contribution in [0.5, 0.6) is 0 Å². The van der Waals surface area contributed by atoms with E-state index in [1.54, 1.807) is 0 Å². The molecule has 0 radical (unpaired) electrons. The van der Waals surface area contributed by atoms with E-state index >= 15 is 0 Å². The standard InChI is InChI=1S/C8H12N2.BrH/c1-3-5-8-9-6-7-10(8)4-2;/h3,5-7H,4H2,1-2H3;1H. The minimum atomic E-state index is 0. The van der Waals surface area contributed by atoms with E-state index in [0.717, 1.165) is 12.4 Å². The highest BCUT2D eigenvalue weighted by Gasteiger charge is 1.92. The predicted octanol–water partition coefficient (Wildman–Crippen LogP) is 2.51. The summed E-state index contributed by atoms with van der Waals surface area (Å²) in [6, 6.07) is 0. The summed E-state index contributed by atoms with van der Waals surface area (Å²) in [5.41, 5.74) is 0. The van der Waals surface area contributed by atoms with Gasteiger partial charge in [-0.1, -0.05) is 6.08 Å². The predicted molar refractivity (Wildman–Crippen MR) is 52.9 cm³/mol. The van der Waals surface area contributed by atoms with Crippen molar-refractivity contribution in [1.29, 1.82) is 0 Å². The SMILES string of the molecule is Br.CC=Cc1nccn1CC. The zero-order chi connectivity index (χ0) is 7.40. The van der Waals surface area contributed by atoms with Crippen LogP contribution in [0.25, 0.3) is 6.08 Å². The van der Waals surface area contributed by atoms with Gasteiger partial charge in [0.15, 0.2) is 0 Å². The fourth-order valence-electron chi connectivity index (χ4n) is 0.896. The molecule has 1 heterocycles. The zero-order valence-corrected chi connectivity index (χ0v) is 8.53. The van der Waals surface area contributed by atoms with Gasteiger partial charge < -0.3 is 4.57 Å². The molecule has 62 valence electrons. The van der Waals surface area contributed by atoms with Crippen LogP contribution < -0.4 is 0 Å². The molecule has 0 aromatic carbocycles. The quantitative estimate of drug-likeness (QED) is 0.744. The van der Waals surface area contributed by atoms with Crippen LogP contribution in [0.15, 0.2) is 18.5 Å². The lowest BCUT2D eigenvalue weighted by Gasteiger charge is -1.97. The Labute approximate surface area is 77.7 Å². The van der Waals surface area contributed by atoms with Crippen LogP contribution in [0.2, 0.25) is 0 Å². The number of halogens is 1. The summed E-state index contributed by atoms with van der Waals surface area (Å²) in [6.07, 6.45) is 7.80. The van der Waals surface area contributed by atoms with Crippen molar-refractivity contribution in [2.45, 2.75) is 20.4 Å². The van der Waals surface area contributed by atoms with E-state index in [9.17, 15) is 0 Å². The highest BCUT2D eigenvalue weighted by atomic mass is 79.9. The monoisotopic (exact) mass is 216 g/mol. The van der Waals surface area contributed by atoms with Crippen LogP contribution in [0, 0.1) is 0 Å². The minimum absolute atomic E-state index is 0. The van der Waals surface area contributed by atoms with Gasteiger partial charge in [-0.2, -0.15) is 0 Å². The highest BCUT2D eigenvalue weighted by Crippen LogP contribution is 1.98. The molecule has 3 heteroatoms. The molecule has 0 spiro atoms. The third-order valence-electron chi connectivity index (χ3n) is 1.40. The van der Waals surface area contributed by atoms with Crippen LogP contribution in [0.3, 0.4) is 0 Å². The van der Waals surface area contributed by atoms with Gasteiger partial charge in [0.25, 0.3) is 0 Å². The Hall–Kier alpha value is -0.570. The Kier molecular flexibility index (Phi) is 4.86. The van der Waals surface area contributed by atoms with Gasteiger partial charge in [-0.15, -0.1) is 17.0 Å². The minimum Gasteiger partial charge on any atom is -0.332 e. The average molecular weight is 217 g/mol. The summed E-state index contributed by atoms with van der Waals surface area (Å²) >= 11 is 0. The maximum atomic E-state index is 4.15. The van der Waals surface area contributed by atoms with Crippen LogP contribution in [0.4, 0.5) is 0 Å². The van der Waals surface area contributed by atoms with Gasteiger partial charge >= 0.3 is 0 Å². The first kappa shape index (κ1) is 10.4. The number of hydrogen-bond donors (Lipinski definition) is 0. The first-order valence-corrected chi connectivity index (χ1v) is 3.52. The molecule has 1 aromatic rings. The maximum absolute atomic E-state index is 4.15. The van der Waals surface area contributed by atoms with Crippen molar-refractivity contribution < 1.29 is 0 Å². The molecular weight excluding hydrogens is 204 g/mol. The molecule has 2 nitrogen and oxygen atoms in total. The van der Waals surface area contributed by atoms with Crippen molar-refractivity contribution in [3.8, 4) is 0 Å². The van der Waals surface area contributed by atoms with Gasteiger partial charge in [0.1, 0.15) is 5.82 Å². The molecule has 0 aliphatic rings. The largest absolute Gasteiger partial charge is 0.332 e. The Balaban J connectivity index is 0.000001000. The number of aryl methyl sites for hydroxylation is 1. The van der Waals surface area contributed by atoms with Gasteiger partial charge in [0.05, 0.1) is 0 Å². The molecule has 0 amide bonds. The fraction of sp³-hybridized carbons (Fsp3) is 0.375. The van der Waals surface area contributed by atoms with Crippen molar-refractivity contribution in [2.75, 3.05) is 0 Å². The highest BCUT2D eigenvalue weighted by molar-refractivity contribution is 8.93. The summed E-state index contributed by atoms with van der Waals surface area (Å²) in [5.74, 6) is 1.03. The second-order valence-corrected chi connectivity index (χ2v) is 2.07. The second-order valence-electron chi connectivity index (χ2n) is 2.07. The van der Waals surface area contributed by atoms with Gasteiger partial charge in [0, 0.05) is 18.9 Å². The van der Waals surface area contributed by atoms with Crippen LogP contribution in [0.1, 0.15) is 19.7 Å². The molecule has 0 aliphatic carbocycles. The molecule has 0 saturated heterocycles. The normalized spacial score (nSPS) is 10.0. The third-order valence-corrected chi connectivity index (χ3v) is 1.40. The third kappa shape index (κ3) is 2.50. The molecule has 11 heavy (non-hydrogen) atoms. The van der Waals surface area contributed by atoms with Crippen LogP contribution >= 0.6 is 17.0 Å². The number of allylic oxidation sites excluding steroid dienone is 1. The summed E-state index contributed by atoms with van der Waals surface area (Å²) < 4.78 is 2.10. The van der Waals surface area contributed by atoms with E-state index in [2.05, 4.69) is 16.5 Å². The van der Waals surface area contributed by atoms with Gasteiger partial charge in [-0.25, -0.2) is 4.98 Å². The fourth-order valence-corrected chi connectivity index (χ4v) is 0.896. The van der Waals surface area contributed by atoms with Crippen LogP contribution in [-0.2, 0) is 6.54 Å². The molecule has 0 atom stereocenters. The summed E-state index contributed by atoms with van der Waals surface area (Å²) in [6.45, 7) is 5.09. The zero-order valence-electron chi connectivity index (χ0n) is 6.82. The molecule has 1 rings (SSSR count). The molecule has 1 aromatic heterocycles. The van der Waals surface area contributed by atoms with Crippen molar-refractivity contribution in [2.24, 2.45) is 0 Å². The molecule has 0 bridgehead atoms. The molecular formula is C8H13BrN2. The Bertz CT molecular complexity index is 228. The smallest absolute Gasteiger partial charge is 0.132 e. The van der Waals surface area contributed by atoms with E-state index in [4.69, 9.17) is 0 Å². The van der Waals surface area contributed by atoms with Crippen molar-refractivity contribution in [3.63, 3.8) is 0 Å². The van der Waals surface area contributed by atoms with Gasteiger partial charge in [0.2, 0.25) is 0 Å². The molecule has 0 aliphatic heterocycles. The van der Waals surface area contributed by atoms with Crippen molar-refractivity contribution >= 4 is 23.1 Å². The number of imidazole rings is 1. The van der Waals surface area contributed by atoms with E-state index in [1.165, 1.54) is 0 Å². The lowest BCUT2D eigenvalue weighted by molar-refractivity contribution is 0.752. The van der Waals surface area contributed by atoms with E-state index in [1.807, 2.05) is 31.5 Å². The molecule has 0 fully saturated rings. The first-order chi connectivity index (χ1) is 4.88. The number of aromatic nitrogens is 2. The van der Waals surface area contributed by atoms with E-state index < -0.39 is 0 Å². The summed E-state index contributed by atoms with van der Waals surface area (Å²) in [5, 5.41) is 0. The number of hydrogen-bond acceptors (Lipinski definition) is 1. The molecule has 0 saturated carbocycles. The Morgan fingerprint density at radius 2 is 2.36 bits per heavy atom. The summed E-state index contributed by atoms with van der Waals surface area (Å²) in [7, 11) is 0. The molecule has 0 N–H and O–H groups in total. The van der Waals surface area contributed by atoms with Crippen molar-refractivity contribution in [1.82, 2.24) is 9.55 Å². The lowest BCUT2D eigenvalue weighted by atomic mass is 10.5. The second kappa shape index (κ2) is 5.13. The van der Waals surface area contributed by atoms with Crippen molar-refractivity contribution in [3.05, 3.63) is 24.3 Å². The Morgan fingerprint density at radius 3 is 2.91 bits per heavy atom. The van der Waals surface area contributed by atoms with Gasteiger partial charge in [-0.05, 0) is 19.9 Å². The summed E-state index contributed by atoms with van der Waals surface area (Å²) in [4.78, 5) is 4.15. The van der Waals surface area contributed by atoms with E-state index in [0.29, 0.717) is 0 Å². The topological polar surface area (TPSA) is 17.8 Å². The number of nitrogens with zero attached hydrogens (tertiary/aromatic N) is 2. The average Bonchev–Trinajstić information content (AvgIpc) is 2.36. The Morgan fingerprint density at radius 1 is 1.64 bits per heavy atom. The lowest BCUT2D eigenvalue weighted by Crippen LogP contribution is -1.94. The molecule has 0 unspecified atom stereocenters.